The molecule has 0 bridgehead atoms. The van der Waals surface area contributed by atoms with Crippen LogP contribution in [0.15, 0.2) is 23.8 Å². The van der Waals surface area contributed by atoms with Crippen LogP contribution >= 0.6 is 0 Å². The molecule has 1 aliphatic rings. The van der Waals surface area contributed by atoms with Crippen LogP contribution in [0.5, 0.6) is 0 Å². The maximum absolute atomic E-state index is 13.2. The van der Waals surface area contributed by atoms with Crippen LogP contribution in [0.4, 0.5) is 0 Å². The lowest BCUT2D eigenvalue weighted by atomic mass is 9.88. The fourth-order valence-corrected chi connectivity index (χ4v) is 5.66. The molecular formula is C29H50O8Si. The summed E-state index contributed by atoms with van der Waals surface area (Å²) >= 11 is 0. The number of ether oxygens (including phenoxy) is 4. The van der Waals surface area contributed by atoms with Crippen LogP contribution in [-0.2, 0) is 37.8 Å². The van der Waals surface area contributed by atoms with E-state index in [1.165, 1.54) is 13.0 Å². The summed E-state index contributed by atoms with van der Waals surface area (Å²) < 4.78 is 30.4. The van der Waals surface area contributed by atoms with Gasteiger partial charge in [-0.05, 0) is 76.4 Å². The van der Waals surface area contributed by atoms with Gasteiger partial charge in [0.2, 0.25) is 0 Å². The molecule has 38 heavy (non-hydrogen) atoms. The smallest absolute Gasteiger partial charge is 0.308 e. The lowest BCUT2D eigenvalue weighted by molar-refractivity contribution is -0.227. The van der Waals surface area contributed by atoms with Crippen LogP contribution in [0, 0.1) is 5.92 Å². The third-order valence-electron chi connectivity index (χ3n) is 7.46. The highest BCUT2D eigenvalue weighted by molar-refractivity contribution is 6.74. The van der Waals surface area contributed by atoms with Crippen LogP contribution in [0.3, 0.4) is 0 Å². The highest BCUT2D eigenvalue weighted by Crippen LogP contribution is 2.39. The van der Waals surface area contributed by atoms with E-state index >= 15 is 0 Å². The molecule has 0 saturated heterocycles. The second-order valence-corrected chi connectivity index (χ2v) is 16.7. The number of rotatable bonds is 9. The lowest BCUT2D eigenvalue weighted by Gasteiger charge is -2.42. The van der Waals surface area contributed by atoms with E-state index in [1.807, 2.05) is 33.8 Å². The molecule has 0 N–H and O–H groups in total. The van der Waals surface area contributed by atoms with Crippen molar-refractivity contribution in [2.75, 3.05) is 6.61 Å². The Hall–Kier alpha value is -1.81. The Morgan fingerprint density at radius 1 is 1.26 bits per heavy atom. The first-order valence-corrected chi connectivity index (χ1v) is 16.5. The number of esters is 2. The highest BCUT2D eigenvalue weighted by Gasteiger charge is 2.43. The summed E-state index contributed by atoms with van der Waals surface area (Å²) in [4.78, 5) is 36.6. The molecule has 0 aromatic carbocycles. The molecule has 0 aromatic heterocycles. The van der Waals surface area contributed by atoms with E-state index in [9.17, 15) is 14.4 Å². The molecule has 6 atom stereocenters. The number of cyclic esters (lactones) is 1. The van der Waals surface area contributed by atoms with Gasteiger partial charge in [0.1, 0.15) is 24.1 Å². The van der Waals surface area contributed by atoms with Gasteiger partial charge in [-0.2, -0.15) is 0 Å². The third kappa shape index (κ3) is 10.4. The van der Waals surface area contributed by atoms with E-state index in [-0.39, 0.29) is 23.3 Å². The topological polar surface area (TPSA) is 97.4 Å². The molecule has 218 valence electrons. The molecule has 0 spiro atoms. The third-order valence-corrected chi connectivity index (χ3v) is 12.0. The Morgan fingerprint density at radius 3 is 2.42 bits per heavy atom. The average molecular weight is 555 g/mol. The Morgan fingerprint density at radius 2 is 1.89 bits per heavy atom. The van der Waals surface area contributed by atoms with Gasteiger partial charge in [0.25, 0.3) is 0 Å². The van der Waals surface area contributed by atoms with Gasteiger partial charge in [-0.1, -0.05) is 33.8 Å². The van der Waals surface area contributed by atoms with Crippen molar-refractivity contribution in [1.29, 1.82) is 0 Å². The molecule has 8 nitrogen and oxygen atoms in total. The van der Waals surface area contributed by atoms with Gasteiger partial charge in [0.15, 0.2) is 14.6 Å². The van der Waals surface area contributed by atoms with Gasteiger partial charge in [0, 0.05) is 19.4 Å². The second kappa shape index (κ2) is 14.5. The van der Waals surface area contributed by atoms with Crippen LogP contribution in [0.25, 0.3) is 0 Å². The Bertz CT molecular complexity index is 859. The summed E-state index contributed by atoms with van der Waals surface area (Å²) in [5.41, 5.74) is -0.338. The fourth-order valence-electron chi connectivity index (χ4n) is 4.28. The predicted molar refractivity (Wildman–Crippen MR) is 150 cm³/mol. The van der Waals surface area contributed by atoms with E-state index < -0.39 is 44.5 Å². The minimum atomic E-state index is -2.24. The zero-order valence-electron chi connectivity index (χ0n) is 25.3. The van der Waals surface area contributed by atoms with Crippen LogP contribution in [0.1, 0.15) is 81.6 Å². The number of aldehydes is 1. The Kier molecular flexibility index (Phi) is 13.1. The van der Waals surface area contributed by atoms with Crippen molar-refractivity contribution >= 4 is 26.5 Å². The van der Waals surface area contributed by atoms with Crippen molar-refractivity contribution in [1.82, 2.24) is 0 Å². The number of carbonyl (C=O) groups excluding carboxylic acids is 3. The van der Waals surface area contributed by atoms with E-state index in [4.69, 9.17) is 23.4 Å². The van der Waals surface area contributed by atoms with E-state index in [0.29, 0.717) is 31.3 Å². The van der Waals surface area contributed by atoms with Crippen LogP contribution < -0.4 is 0 Å². The summed E-state index contributed by atoms with van der Waals surface area (Å²) in [6, 6.07) is 0. The molecular weight excluding hydrogens is 504 g/mol. The summed E-state index contributed by atoms with van der Waals surface area (Å²) in [6.07, 6.45) is 4.32. The molecule has 9 heteroatoms. The summed E-state index contributed by atoms with van der Waals surface area (Å²) in [5.74, 6) is -1.13. The van der Waals surface area contributed by atoms with Crippen molar-refractivity contribution in [3.63, 3.8) is 0 Å². The van der Waals surface area contributed by atoms with E-state index in [2.05, 4.69) is 33.9 Å². The standard InChI is InChI=1S/C29H50O8Si/c1-12-33-23(5)36-29(9)17-15-24(37-38(10,11)28(6,7)8)19-26(32)35-27(21(3)16-18-30)20(2)13-14-25(29)34-22(4)31/h13-14,16,18,20,23-25,27H,12,15,17,19H2,1-11H3/b14-13+,21-16+/t20-,23?,24+,25+,27-,29+/m0/s1. The minimum absolute atomic E-state index is 0.0587. The molecule has 1 rings (SSSR count). The molecule has 1 unspecified atom stereocenters. The number of hydrogen-bond donors (Lipinski definition) is 0. The number of allylic oxidation sites excluding steroid dienone is 1. The number of hydrogen-bond acceptors (Lipinski definition) is 8. The van der Waals surface area contributed by atoms with Gasteiger partial charge in [-0.25, -0.2) is 0 Å². The molecule has 1 heterocycles. The predicted octanol–water partition coefficient (Wildman–Crippen LogP) is 5.90. The van der Waals surface area contributed by atoms with Crippen molar-refractivity contribution in [2.24, 2.45) is 5.92 Å². The van der Waals surface area contributed by atoms with E-state index in [1.54, 1.807) is 13.0 Å². The van der Waals surface area contributed by atoms with Crippen molar-refractivity contribution in [2.45, 2.75) is 130 Å². The average Bonchev–Trinajstić information content (AvgIpc) is 2.76. The fraction of sp³-hybridized carbons (Fsp3) is 0.759. The SMILES string of the molecule is CCOC(C)O[C@]1(C)CC[C@@H](O[Si](C)(C)C(C)(C)C)CC(=O)O[C@H](/C(C)=C/C=O)[C@@H](C)/C=C/[C@H]1OC(C)=O. The van der Waals surface area contributed by atoms with Crippen LogP contribution in [-0.4, -0.2) is 63.4 Å². The Balaban J connectivity index is 3.62. The molecule has 0 radical (unpaired) electrons. The Labute approximate surface area is 230 Å². The normalized spacial score (nSPS) is 29.9. The van der Waals surface area contributed by atoms with Crippen molar-refractivity contribution in [3.8, 4) is 0 Å². The summed E-state index contributed by atoms with van der Waals surface area (Å²) in [5, 5.41) is -0.0623. The maximum Gasteiger partial charge on any atom is 0.308 e. The van der Waals surface area contributed by atoms with Gasteiger partial charge in [-0.15, -0.1) is 0 Å². The van der Waals surface area contributed by atoms with Crippen LogP contribution in [0.2, 0.25) is 18.1 Å². The molecule has 1 aliphatic heterocycles. The molecule has 0 aromatic rings. The first-order valence-electron chi connectivity index (χ1n) is 13.6. The van der Waals surface area contributed by atoms with E-state index in [0.717, 1.165) is 0 Å². The van der Waals surface area contributed by atoms with Crippen molar-refractivity contribution in [3.05, 3.63) is 23.8 Å². The molecule has 0 aliphatic carbocycles. The second-order valence-electron chi connectivity index (χ2n) is 11.9. The quantitative estimate of drug-likeness (QED) is 0.0868. The maximum atomic E-state index is 13.2. The first-order chi connectivity index (χ1) is 17.5. The summed E-state index contributed by atoms with van der Waals surface area (Å²) in [7, 11) is -2.24. The van der Waals surface area contributed by atoms with Crippen molar-refractivity contribution < 1.29 is 37.8 Å². The minimum Gasteiger partial charge on any atom is -0.457 e. The number of carbonyl (C=O) groups is 3. The van der Waals surface area contributed by atoms with Gasteiger partial charge in [0.05, 0.1) is 12.5 Å². The molecule has 0 fully saturated rings. The highest BCUT2D eigenvalue weighted by atomic mass is 28.4. The lowest BCUT2D eigenvalue weighted by Crippen LogP contribution is -2.48. The largest absolute Gasteiger partial charge is 0.457 e. The first kappa shape index (κ1) is 34.2. The zero-order valence-corrected chi connectivity index (χ0v) is 26.3. The van der Waals surface area contributed by atoms with Gasteiger partial charge >= 0.3 is 11.9 Å². The monoisotopic (exact) mass is 554 g/mol. The van der Waals surface area contributed by atoms with Gasteiger partial charge < -0.3 is 23.4 Å². The summed E-state index contributed by atoms with van der Waals surface area (Å²) in [6.45, 7) is 21.8. The molecule has 0 amide bonds. The van der Waals surface area contributed by atoms with Gasteiger partial charge in [-0.3, -0.25) is 14.4 Å². The molecule has 0 saturated carbocycles. The zero-order chi connectivity index (χ0) is 29.3.